The van der Waals surface area contributed by atoms with Gasteiger partial charge < -0.3 is 5.11 Å². The molecule has 1 aromatic heterocycles. The van der Waals surface area contributed by atoms with Gasteiger partial charge in [-0.15, -0.1) is 0 Å². The summed E-state index contributed by atoms with van der Waals surface area (Å²) >= 11 is 2.71. The number of nitrogens with zero attached hydrogens (tertiary/aromatic N) is 2. The van der Waals surface area contributed by atoms with Crippen LogP contribution < -0.4 is 0 Å². The quantitative estimate of drug-likeness (QED) is 0.523. The molecular weight excluding hydrogens is 306 g/mol. The Morgan fingerprint density at radius 2 is 2.24 bits per heavy atom. The summed E-state index contributed by atoms with van der Waals surface area (Å²) in [4.78, 5) is 23.6. The molecule has 0 bridgehead atoms. The van der Waals surface area contributed by atoms with E-state index in [4.69, 9.17) is 5.11 Å². The van der Waals surface area contributed by atoms with Gasteiger partial charge >= 0.3 is 5.97 Å². The largest absolute Gasteiger partial charge is 0.481 e. The molecule has 1 N–H and O–H groups in total. The first-order valence-electron chi connectivity index (χ1n) is 4.16. The molecule has 0 fully saturated rings. The van der Waals surface area contributed by atoms with E-state index in [1.54, 1.807) is 0 Å². The maximum absolute atomic E-state index is 12.5. The molecule has 92 valence electrons. The highest BCUT2D eigenvalue weighted by Gasteiger charge is 2.24. The van der Waals surface area contributed by atoms with Crippen LogP contribution in [0.4, 0.5) is 14.5 Å². The predicted molar refractivity (Wildman–Crippen MR) is 54.9 cm³/mol. The Labute approximate surface area is 102 Å². The van der Waals surface area contributed by atoms with Crippen molar-refractivity contribution < 1.29 is 23.6 Å². The fourth-order valence-electron chi connectivity index (χ4n) is 1.11. The topological polar surface area (TPSA) is 93.3 Å². The first-order chi connectivity index (χ1) is 7.82. The molecule has 0 aromatic carbocycles. The van der Waals surface area contributed by atoms with E-state index < -0.39 is 35.0 Å². The fourth-order valence-corrected chi connectivity index (χ4v) is 1.62. The average Bonchev–Trinajstić information content (AvgIpc) is 2.15. The third-order valence-corrected chi connectivity index (χ3v) is 2.44. The van der Waals surface area contributed by atoms with Gasteiger partial charge in [-0.25, -0.2) is 13.8 Å². The number of pyridine rings is 1. The molecule has 1 heterocycles. The lowest BCUT2D eigenvalue weighted by Crippen LogP contribution is -2.08. The molecule has 0 aliphatic heterocycles. The number of nitro groups is 1. The van der Waals surface area contributed by atoms with Crippen LogP contribution in [-0.2, 0) is 11.2 Å². The molecule has 0 saturated carbocycles. The van der Waals surface area contributed by atoms with Gasteiger partial charge in [0.2, 0.25) is 0 Å². The Kier molecular flexibility index (Phi) is 4.05. The number of hydrogen-bond donors (Lipinski definition) is 1. The highest BCUT2D eigenvalue weighted by molar-refractivity contribution is 9.10. The predicted octanol–water partition coefficient (Wildman–Crippen LogP) is 2.32. The molecule has 0 spiro atoms. The fraction of sp³-hybridized carbons (Fsp3) is 0.250. The number of carboxylic acid groups (broad SMARTS) is 1. The lowest BCUT2D eigenvalue weighted by molar-refractivity contribution is -0.386. The van der Waals surface area contributed by atoms with Crippen molar-refractivity contribution >= 4 is 27.6 Å². The Morgan fingerprint density at radius 3 is 2.65 bits per heavy atom. The van der Waals surface area contributed by atoms with Gasteiger partial charge in [-0.3, -0.25) is 14.9 Å². The van der Waals surface area contributed by atoms with Crippen LogP contribution in [0, 0.1) is 10.1 Å². The summed E-state index contributed by atoms with van der Waals surface area (Å²) in [6.45, 7) is 0. The summed E-state index contributed by atoms with van der Waals surface area (Å²) in [5, 5.41) is 19.1. The Balaban J connectivity index is 3.35. The zero-order chi connectivity index (χ0) is 13.2. The third-order valence-electron chi connectivity index (χ3n) is 1.81. The van der Waals surface area contributed by atoms with Gasteiger partial charge in [0.1, 0.15) is 10.3 Å². The van der Waals surface area contributed by atoms with Crippen LogP contribution in [0.1, 0.15) is 17.7 Å². The van der Waals surface area contributed by atoms with Crippen molar-refractivity contribution in [2.75, 3.05) is 0 Å². The van der Waals surface area contributed by atoms with Gasteiger partial charge in [0.15, 0.2) is 0 Å². The number of aromatic nitrogens is 1. The molecule has 0 saturated heterocycles. The standard InChI is InChI=1S/C8H5BrF2N2O4/c9-7-3(8(10)11)1-5(13(16)17)4(12-7)2-6(14)15/h1,8H,2H2,(H,14,15). The Morgan fingerprint density at radius 1 is 1.65 bits per heavy atom. The second kappa shape index (κ2) is 5.13. The van der Waals surface area contributed by atoms with Gasteiger partial charge in [0.25, 0.3) is 12.1 Å². The first kappa shape index (κ1) is 13.4. The molecule has 1 aromatic rings. The Bertz CT molecular complexity index is 481. The van der Waals surface area contributed by atoms with Crippen molar-refractivity contribution in [3.8, 4) is 0 Å². The Hall–Kier alpha value is -1.64. The van der Waals surface area contributed by atoms with Crippen LogP contribution in [0.3, 0.4) is 0 Å². The molecular formula is C8H5BrF2N2O4. The monoisotopic (exact) mass is 310 g/mol. The van der Waals surface area contributed by atoms with Gasteiger partial charge in [-0.2, -0.15) is 0 Å². The summed E-state index contributed by atoms with van der Waals surface area (Å²) in [5.74, 6) is -1.34. The van der Waals surface area contributed by atoms with Crippen molar-refractivity contribution in [3.63, 3.8) is 0 Å². The number of carboxylic acids is 1. The third kappa shape index (κ3) is 3.16. The lowest BCUT2D eigenvalue weighted by atomic mass is 10.2. The summed E-state index contributed by atoms with van der Waals surface area (Å²) in [6, 6.07) is 0.625. The molecule has 0 aliphatic carbocycles. The molecule has 9 heteroatoms. The van der Waals surface area contributed by atoms with Gasteiger partial charge in [-0.05, 0) is 15.9 Å². The van der Waals surface area contributed by atoms with Crippen molar-refractivity contribution in [3.05, 3.63) is 32.0 Å². The van der Waals surface area contributed by atoms with Crippen molar-refractivity contribution in [2.45, 2.75) is 12.8 Å². The van der Waals surface area contributed by atoms with E-state index >= 15 is 0 Å². The van der Waals surface area contributed by atoms with Crippen molar-refractivity contribution in [1.29, 1.82) is 0 Å². The number of halogens is 3. The maximum atomic E-state index is 12.5. The SMILES string of the molecule is O=C(O)Cc1nc(Br)c(C(F)F)cc1[N+](=O)[O-]. The number of rotatable bonds is 4. The minimum atomic E-state index is -2.94. The zero-order valence-corrected chi connectivity index (χ0v) is 9.65. The van der Waals surface area contributed by atoms with Crippen LogP contribution in [-0.4, -0.2) is 21.0 Å². The summed E-state index contributed by atoms with van der Waals surface area (Å²) < 4.78 is 24.6. The molecule has 6 nitrogen and oxygen atoms in total. The zero-order valence-electron chi connectivity index (χ0n) is 8.06. The normalized spacial score (nSPS) is 10.6. The van der Waals surface area contributed by atoms with Crippen LogP contribution in [0.5, 0.6) is 0 Å². The van der Waals surface area contributed by atoms with E-state index in [9.17, 15) is 23.7 Å². The van der Waals surface area contributed by atoms with E-state index in [2.05, 4.69) is 20.9 Å². The maximum Gasteiger partial charge on any atom is 0.309 e. The molecule has 0 unspecified atom stereocenters. The van der Waals surface area contributed by atoms with Gasteiger partial charge in [0.05, 0.1) is 16.9 Å². The minimum absolute atomic E-state index is 0.297. The van der Waals surface area contributed by atoms with E-state index in [0.29, 0.717) is 6.07 Å². The smallest absolute Gasteiger partial charge is 0.309 e. The summed E-state index contributed by atoms with van der Waals surface area (Å²) in [5.41, 5.74) is -1.75. The van der Waals surface area contributed by atoms with Crippen LogP contribution >= 0.6 is 15.9 Å². The van der Waals surface area contributed by atoms with E-state index in [1.807, 2.05) is 0 Å². The average molecular weight is 311 g/mol. The van der Waals surface area contributed by atoms with Gasteiger partial charge in [-0.1, -0.05) is 0 Å². The molecule has 0 amide bonds. The van der Waals surface area contributed by atoms with E-state index in [-0.39, 0.29) is 10.3 Å². The van der Waals surface area contributed by atoms with Crippen LogP contribution in [0.25, 0.3) is 0 Å². The number of hydrogen-bond acceptors (Lipinski definition) is 4. The van der Waals surface area contributed by atoms with Gasteiger partial charge in [0, 0.05) is 6.07 Å². The number of carbonyl (C=O) groups is 1. The number of aliphatic carboxylic acids is 1. The van der Waals surface area contributed by atoms with Crippen LogP contribution in [0.15, 0.2) is 10.7 Å². The van der Waals surface area contributed by atoms with E-state index in [0.717, 1.165) is 0 Å². The first-order valence-corrected chi connectivity index (χ1v) is 4.96. The summed E-state index contributed by atoms with van der Waals surface area (Å²) in [6.07, 6.45) is -3.65. The van der Waals surface area contributed by atoms with Crippen molar-refractivity contribution in [1.82, 2.24) is 4.98 Å². The summed E-state index contributed by atoms with van der Waals surface area (Å²) in [7, 11) is 0. The molecule has 17 heavy (non-hydrogen) atoms. The molecule has 1 rings (SSSR count). The molecule has 0 radical (unpaired) electrons. The second-order valence-corrected chi connectivity index (χ2v) is 3.71. The second-order valence-electron chi connectivity index (χ2n) is 2.96. The highest BCUT2D eigenvalue weighted by atomic mass is 79.9. The lowest BCUT2D eigenvalue weighted by Gasteiger charge is -2.05. The minimum Gasteiger partial charge on any atom is -0.481 e. The van der Waals surface area contributed by atoms with Crippen LogP contribution in [0.2, 0.25) is 0 Å². The number of alkyl halides is 2. The molecule has 0 atom stereocenters. The van der Waals surface area contributed by atoms with Crippen molar-refractivity contribution in [2.24, 2.45) is 0 Å². The highest BCUT2D eigenvalue weighted by Crippen LogP contribution is 2.31. The van der Waals surface area contributed by atoms with E-state index in [1.165, 1.54) is 0 Å². The molecule has 0 aliphatic rings.